The van der Waals surface area contributed by atoms with Gasteiger partial charge in [-0.15, -0.1) is 0 Å². The fraction of sp³-hybridized carbons (Fsp3) is 0.125. The van der Waals surface area contributed by atoms with E-state index in [-0.39, 0.29) is 11.7 Å². The lowest BCUT2D eigenvalue weighted by atomic mass is 9.82. The lowest BCUT2D eigenvalue weighted by Gasteiger charge is -2.28. The molecule has 1 heterocycles. The number of carbonyl (C=O) groups is 1. The van der Waals surface area contributed by atoms with Crippen molar-refractivity contribution in [1.29, 1.82) is 0 Å². The molecule has 1 aliphatic heterocycles. The zero-order chi connectivity index (χ0) is 15.0. The highest BCUT2D eigenvalue weighted by atomic mass is 32.1. The van der Waals surface area contributed by atoms with Gasteiger partial charge < -0.3 is 10.4 Å². The van der Waals surface area contributed by atoms with Crippen LogP contribution in [0.25, 0.3) is 0 Å². The second kappa shape index (κ2) is 4.86. The lowest BCUT2D eigenvalue weighted by Crippen LogP contribution is -2.44. The SMILES string of the molecule is CN1C(=O)C(c2ccccc2)(c2cccc(O)c2)NC1=S. The zero-order valence-corrected chi connectivity index (χ0v) is 12.2. The van der Waals surface area contributed by atoms with Crippen LogP contribution in [0.5, 0.6) is 5.75 Å². The van der Waals surface area contributed by atoms with Crippen molar-refractivity contribution in [2.75, 3.05) is 7.05 Å². The molecule has 21 heavy (non-hydrogen) atoms. The lowest BCUT2D eigenvalue weighted by molar-refractivity contribution is -0.129. The topological polar surface area (TPSA) is 52.6 Å². The van der Waals surface area contributed by atoms with Crippen LogP contribution in [0.4, 0.5) is 0 Å². The smallest absolute Gasteiger partial charge is 0.263 e. The Kier molecular flexibility index (Phi) is 3.14. The molecule has 0 saturated carbocycles. The van der Waals surface area contributed by atoms with E-state index in [1.807, 2.05) is 30.3 Å². The third-order valence-electron chi connectivity index (χ3n) is 3.71. The van der Waals surface area contributed by atoms with Gasteiger partial charge in [-0.05, 0) is 35.5 Å². The second-order valence-electron chi connectivity index (χ2n) is 4.96. The van der Waals surface area contributed by atoms with E-state index in [1.54, 1.807) is 31.3 Å². The van der Waals surface area contributed by atoms with Gasteiger partial charge in [0.2, 0.25) is 0 Å². The number of rotatable bonds is 2. The van der Waals surface area contributed by atoms with Gasteiger partial charge in [0, 0.05) is 7.05 Å². The van der Waals surface area contributed by atoms with Gasteiger partial charge in [-0.2, -0.15) is 0 Å². The highest BCUT2D eigenvalue weighted by molar-refractivity contribution is 7.80. The van der Waals surface area contributed by atoms with Crippen LogP contribution in [0.15, 0.2) is 54.6 Å². The third kappa shape index (κ3) is 1.97. The fourth-order valence-electron chi connectivity index (χ4n) is 2.63. The van der Waals surface area contributed by atoms with Gasteiger partial charge in [-0.3, -0.25) is 9.69 Å². The molecule has 5 heteroatoms. The van der Waals surface area contributed by atoms with Crippen LogP contribution in [0.1, 0.15) is 11.1 Å². The van der Waals surface area contributed by atoms with Crippen molar-refractivity contribution in [3.63, 3.8) is 0 Å². The van der Waals surface area contributed by atoms with Crippen molar-refractivity contribution < 1.29 is 9.90 Å². The maximum atomic E-state index is 12.8. The molecule has 0 aliphatic carbocycles. The third-order valence-corrected chi connectivity index (χ3v) is 4.09. The van der Waals surface area contributed by atoms with E-state index in [4.69, 9.17) is 12.2 Å². The minimum atomic E-state index is -1.09. The first-order valence-electron chi connectivity index (χ1n) is 6.51. The van der Waals surface area contributed by atoms with Crippen LogP contribution >= 0.6 is 12.2 Å². The molecule has 0 radical (unpaired) electrons. The molecule has 3 rings (SSSR count). The standard InChI is InChI=1S/C16H14N2O2S/c1-18-14(20)16(17-15(18)21,11-6-3-2-4-7-11)12-8-5-9-13(19)10-12/h2-10,19H,1H3,(H,17,21). The molecule has 0 aromatic heterocycles. The Labute approximate surface area is 128 Å². The van der Waals surface area contributed by atoms with E-state index >= 15 is 0 Å². The Morgan fingerprint density at radius 3 is 2.33 bits per heavy atom. The number of phenols is 1. The summed E-state index contributed by atoms with van der Waals surface area (Å²) < 4.78 is 0. The van der Waals surface area contributed by atoms with Gasteiger partial charge in [0.05, 0.1) is 0 Å². The fourth-order valence-corrected chi connectivity index (χ4v) is 2.86. The quantitative estimate of drug-likeness (QED) is 0.833. The molecule has 1 amide bonds. The van der Waals surface area contributed by atoms with E-state index in [1.165, 1.54) is 4.90 Å². The summed E-state index contributed by atoms with van der Waals surface area (Å²) in [4.78, 5) is 14.3. The van der Waals surface area contributed by atoms with E-state index in [2.05, 4.69) is 5.32 Å². The van der Waals surface area contributed by atoms with Crippen molar-refractivity contribution in [2.45, 2.75) is 5.54 Å². The maximum absolute atomic E-state index is 12.8. The van der Waals surface area contributed by atoms with Crippen LogP contribution in [-0.4, -0.2) is 28.1 Å². The van der Waals surface area contributed by atoms with Crippen molar-refractivity contribution in [3.8, 4) is 5.75 Å². The molecule has 2 aromatic rings. The van der Waals surface area contributed by atoms with Gasteiger partial charge in [-0.25, -0.2) is 0 Å². The summed E-state index contributed by atoms with van der Waals surface area (Å²) in [7, 11) is 1.64. The molecular formula is C16H14N2O2S. The number of nitrogens with zero attached hydrogens (tertiary/aromatic N) is 1. The largest absolute Gasteiger partial charge is 0.508 e. The Balaban J connectivity index is 2.27. The Morgan fingerprint density at radius 1 is 1.10 bits per heavy atom. The molecule has 2 N–H and O–H groups in total. The minimum Gasteiger partial charge on any atom is -0.508 e. The molecule has 1 fully saturated rings. The number of aromatic hydroxyl groups is 1. The van der Waals surface area contributed by atoms with Crippen LogP contribution < -0.4 is 5.32 Å². The molecule has 106 valence electrons. The van der Waals surface area contributed by atoms with E-state index in [9.17, 15) is 9.90 Å². The Hall–Kier alpha value is -2.40. The van der Waals surface area contributed by atoms with Gasteiger partial charge in [0.15, 0.2) is 10.7 Å². The summed E-state index contributed by atoms with van der Waals surface area (Å²) in [5.41, 5.74) is 0.351. The maximum Gasteiger partial charge on any atom is 0.263 e. The summed E-state index contributed by atoms with van der Waals surface area (Å²) in [5, 5.41) is 13.3. The normalized spacial score (nSPS) is 21.5. The van der Waals surface area contributed by atoms with Crippen LogP contribution in [0.2, 0.25) is 0 Å². The number of likely N-dealkylation sites (N-methyl/N-ethyl adjacent to an activating group) is 1. The number of thiocarbonyl (C=S) groups is 1. The molecule has 0 spiro atoms. The molecule has 0 bridgehead atoms. The summed E-state index contributed by atoms with van der Waals surface area (Å²) in [6, 6.07) is 16.1. The van der Waals surface area contributed by atoms with Crippen molar-refractivity contribution >= 4 is 23.2 Å². The minimum absolute atomic E-state index is 0.109. The first-order valence-corrected chi connectivity index (χ1v) is 6.92. The number of hydrogen-bond acceptors (Lipinski definition) is 3. The first kappa shape index (κ1) is 13.6. The number of nitrogens with one attached hydrogen (secondary N) is 1. The number of amides is 1. The molecule has 1 atom stereocenters. The van der Waals surface area contributed by atoms with E-state index in [0.717, 1.165) is 5.56 Å². The summed E-state index contributed by atoms with van der Waals surface area (Å²) in [6.45, 7) is 0. The molecule has 1 aliphatic rings. The average molecular weight is 298 g/mol. The Bertz CT molecular complexity index is 717. The van der Waals surface area contributed by atoms with Crippen molar-refractivity contribution in [3.05, 3.63) is 65.7 Å². The van der Waals surface area contributed by atoms with E-state index < -0.39 is 5.54 Å². The Morgan fingerprint density at radius 2 is 1.76 bits per heavy atom. The van der Waals surface area contributed by atoms with Crippen molar-refractivity contribution in [2.24, 2.45) is 0 Å². The second-order valence-corrected chi connectivity index (χ2v) is 5.35. The number of phenolic OH excluding ortho intramolecular Hbond substituents is 1. The van der Waals surface area contributed by atoms with E-state index in [0.29, 0.717) is 10.7 Å². The zero-order valence-electron chi connectivity index (χ0n) is 11.4. The van der Waals surface area contributed by atoms with Crippen LogP contribution in [-0.2, 0) is 10.3 Å². The molecule has 1 saturated heterocycles. The first-order chi connectivity index (χ1) is 10.1. The highest BCUT2D eigenvalue weighted by Gasteiger charge is 2.50. The number of carbonyl (C=O) groups excluding carboxylic acids is 1. The number of hydrogen-bond donors (Lipinski definition) is 2. The van der Waals surface area contributed by atoms with Gasteiger partial charge in [0.25, 0.3) is 5.91 Å². The predicted octanol–water partition coefficient (Wildman–Crippen LogP) is 1.98. The van der Waals surface area contributed by atoms with Crippen LogP contribution in [0, 0.1) is 0 Å². The van der Waals surface area contributed by atoms with Gasteiger partial charge >= 0.3 is 0 Å². The predicted molar refractivity (Wildman–Crippen MR) is 83.8 cm³/mol. The monoisotopic (exact) mass is 298 g/mol. The number of benzene rings is 2. The molecular weight excluding hydrogens is 284 g/mol. The van der Waals surface area contributed by atoms with Crippen molar-refractivity contribution in [1.82, 2.24) is 10.2 Å². The molecule has 1 unspecified atom stereocenters. The highest BCUT2D eigenvalue weighted by Crippen LogP contribution is 2.36. The molecule has 4 nitrogen and oxygen atoms in total. The summed E-state index contributed by atoms with van der Waals surface area (Å²) in [5.74, 6) is -0.0535. The summed E-state index contributed by atoms with van der Waals surface area (Å²) >= 11 is 5.23. The summed E-state index contributed by atoms with van der Waals surface area (Å²) in [6.07, 6.45) is 0. The van der Waals surface area contributed by atoms with Gasteiger partial charge in [-0.1, -0.05) is 42.5 Å². The van der Waals surface area contributed by atoms with Crippen LogP contribution in [0.3, 0.4) is 0 Å². The average Bonchev–Trinajstić information content (AvgIpc) is 2.73. The van der Waals surface area contributed by atoms with Gasteiger partial charge in [0.1, 0.15) is 5.75 Å². The molecule has 2 aromatic carbocycles.